The molecule has 1 saturated carbocycles. The second-order valence-corrected chi connectivity index (χ2v) is 16.2. The molecule has 0 saturated heterocycles. The van der Waals surface area contributed by atoms with E-state index >= 15 is 0 Å². The summed E-state index contributed by atoms with van der Waals surface area (Å²) in [6, 6.07) is 0. The Balaban J connectivity index is 2.58. The number of carbonyl (C=O) groups is 2. The molecule has 5 nitrogen and oxygen atoms in total. The minimum atomic E-state index is -2.34. The number of hydrogen-bond donors (Lipinski definition) is 1. The molecule has 0 spiro atoms. The van der Waals surface area contributed by atoms with Gasteiger partial charge in [-0.2, -0.15) is 11.8 Å². The van der Waals surface area contributed by atoms with Crippen molar-refractivity contribution in [2.75, 3.05) is 12.0 Å². The SMILES string of the molecule is CSC[C@]1(O[Si](C)(C)C(C)(C)C)[C@@H]2C=CC(=O)[C@@]1(O)[C@@H](C(=O)OC(C)(C)C)C2. The Kier molecular flexibility index (Phi) is 6.12. The van der Waals surface area contributed by atoms with Gasteiger partial charge in [0.05, 0.1) is 5.92 Å². The molecule has 0 aromatic heterocycles. The number of fused-ring (bicyclic) bond motifs is 2. The number of hydrogen-bond acceptors (Lipinski definition) is 6. The topological polar surface area (TPSA) is 72.8 Å². The number of ketones is 1. The number of aliphatic hydroxyl groups is 1. The third-order valence-corrected chi connectivity index (χ3v) is 11.6. The Bertz CT molecular complexity index is 675. The van der Waals surface area contributed by atoms with Gasteiger partial charge in [0.15, 0.2) is 19.7 Å². The normalized spacial score (nSPS) is 33.3. The number of rotatable bonds is 5. The van der Waals surface area contributed by atoms with Gasteiger partial charge in [0.25, 0.3) is 0 Å². The maximum absolute atomic E-state index is 13.1. The van der Waals surface area contributed by atoms with Crippen LogP contribution in [0.4, 0.5) is 0 Å². The van der Waals surface area contributed by atoms with E-state index in [4.69, 9.17) is 9.16 Å². The highest BCUT2D eigenvalue weighted by Gasteiger charge is 2.73. The molecule has 0 heterocycles. The second kappa shape index (κ2) is 7.25. The lowest BCUT2D eigenvalue weighted by molar-refractivity contribution is -0.185. The Morgan fingerprint density at radius 1 is 1.29 bits per heavy atom. The average molecular weight is 429 g/mol. The summed E-state index contributed by atoms with van der Waals surface area (Å²) in [4.78, 5) is 26.1. The largest absolute Gasteiger partial charge is 0.460 e. The van der Waals surface area contributed by atoms with Crippen molar-refractivity contribution in [2.45, 2.75) is 82.9 Å². The highest BCUT2D eigenvalue weighted by atomic mass is 32.2. The quantitative estimate of drug-likeness (QED) is 0.528. The van der Waals surface area contributed by atoms with Gasteiger partial charge < -0.3 is 14.3 Å². The molecule has 0 aromatic carbocycles. The maximum Gasteiger partial charge on any atom is 0.313 e. The molecule has 160 valence electrons. The van der Waals surface area contributed by atoms with Crippen molar-refractivity contribution in [2.24, 2.45) is 11.8 Å². The third kappa shape index (κ3) is 3.75. The Morgan fingerprint density at radius 2 is 1.86 bits per heavy atom. The lowest BCUT2D eigenvalue weighted by Gasteiger charge is -2.52. The van der Waals surface area contributed by atoms with Crippen molar-refractivity contribution in [3.05, 3.63) is 12.2 Å². The molecule has 2 bridgehead atoms. The fourth-order valence-corrected chi connectivity index (χ4v) is 6.62. The van der Waals surface area contributed by atoms with Gasteiger partial charge in [-0.3, -0.25) is 9.59 Å². The van der Waals surface area contributed by atoms with E-state index in [0.29, 0.717) is 12.2 Å². The van der Waals surface area contributed by atoms with E-state index in [-0.39, 0.29) is 11.0 Å². The maximum atomic E-state index is 13.1. The van der Waals surface area contributed by atoms with Crippen LogP contribution in [0.15, 0.2) is 12.2 Å². The molecule has 2 rings (SSSR count). The number of ether oxygens (including phenoxy) is 1. The molecule has 7 heteroatoms. The average Bonchev–Trinajstić information content (AvgIpc) is 2.62. The van der Waals surface area contributed by atoms with E-state index in [1.807, 2.05) is 12.3 Å². The van der Waals surface area contributed by atoms with Crippen molar-refractivity contribution >= 4 is 31.8 Å². The predicted octanol–water partition coefficient (Wildman–Crippen LogP) is 3.96. The van der Waals surface area contributed by atoms with Crippen LogP contribution in [-0.2, 0) is 18.8 Å². The minimum Gasteiger partial charge on any atom is -0.460 e. The van der Waals surface area contributed by atoms with Crippen LogP contribution in [0.1, 0.15) is 48.0 Å². The molecule has 4 atom stereocenters. The molecule has 28 heavy (non-hydrogen) atoms. The summed E-state index contributed by atoms with van der Waals surface area (Å²) in [6.45, 7) is 16.0. The van der Waals surface area contributed by atoms with Gasteiger partial charge in [0.1, 0.15) is 11.2 Å². The van der Waals surface area contributed by atoms with Crippen LogP contribution in [-0.4, -0.2) is 54.0 Å². The summed E-state index contributed by atoms with van der Waals surface area (Å²) in [7, 11) is -2.34. The zero-order valence-corrected chi connectivity index (χ0v) is 20.5. The molecule has 2 aliphatic carbocycles. The van der Waals surface area contributed by atoms with Gasteiger partial charge >= 0.3 is 5.97 Å². The van der Waals surface area contributed by atoms with Gasteiger partial charge in [-0.25, -0.2) is 0 Å². The van der Waals surface area contributed by atoms with E-state index < -0.39 is 42.8 Å². The van der Waals surface area contributed by atoms with Crippen LogP contribution in [0.5, 0.6) is 0 Å². The first-order valence-corrected chi connectivity index (χ1v) is 14.2. The highest BCUT2D eigenvalue weighted by Crippen LogP contribution is 2.57. The van der Waals surface area contributed by atoms with E-state index in [0.717, 1.165) is 0 Å². The summed E-state index contributed by atoms with van der Waals surface area (Å²) in [5.74, 6) is -1.69. The molecular weight excluding hydrogens is 392 g/mol. The standard InChI is InChI=1S/C21H36O5SSi/c1-18(2,3)25-17(23)15-12-14-10-11-16(22)21(15,24)20(14,13-27-7)26-28(8,9)19(4,5)6/h10-11,14-15,24H,12-13H2,1-9H3/t14-,15-,20+,21+/m1/s1. The zero-order chi connectivity index (χ0) is 21.8. The van der Waals surface area contributed by atoms with E-state index in [1.54, 1.807) is 20.8 Å². The molecule has 1 fully saturated rings. The van der Waals surface area contributed by atoms with Crippen molar-refractivity contribution in [3.8, 4) is 0 Å². The highest BCUT2D eigenvalue weighted by molar-refractivity contribution is 7.98. The van der Waals surface area contributed by atoms with Crippen LogP contribution < -0.4 is 0 Å². The Morgan fingerprint density at radius 3 is 2.32 bits per heavy atom. The molecule has 0 amide bonds. The molecule has 0 unspecified atom stereocenters. The molecule has 1 N–H and O–H groups in total. The summed E-state index contributed by atoms with van der Waals surface area (Å²) < 4.78 is 12.4. The van der Waals surface area contributed by atoms with Crippen LogP contribution in [0.25, 0.3) is 0 Å². The van der Waals surface area contributed by atoms with Gasteiger partial charge in [-0.15, -0.1) is 0 Å². The van der Waals surface area contributed by atoms with E-state index in [2.05, 4.69) is 33.9 Å². The van der Waals surface area contributed by atoms with Gasteiger partial charge in [0.2, 0.25) is 0 Å². The van der Waals surface area contributed by atoms with Crippen LogP contribution in [0, 0.1) is 11.8 Å². The minimum absolute atomic E-state index is 0.0974. The molecule has 0 aromatic rings. The summed E-state index contributed by atoms with van der Waals surface area (Å²) in [5.41, 5.74) is -3.72. The summed E-state index contributed by atoms with van der Waals surface area (Å²) >= 11 is 1.53. The van der Waals surface area contributed by atoms with Crippen LogP contribution >= 0.6 is 11.8 Å². The summed E-state index contributed by atoms with van der Waals surface area (Å²) in [5, 5.41) is 11.8. The van der Waals surface area contributed by atoms with Gasteiger partial charge in [-0.1, -0.05) is 26.8 Å². The second-order valence-electron chi connectivity index (χ2n) is 10.6. The Hall–Kier alpha value is -0.633. The van der Waals surface area contributed by atoms with Crippen LogP contribution in [0.3, 0.4) is 0 Å². The van der Waals surface area contributed by atoms with Crippen LogP contribution in [0.2, 0.25) is 18.1 Å². The number of thioether (sulfide) groups is 1. The first-order chi connectivity index (χ1) is 12.5. The monoisotopic (exact) mass is 428 g/mol. The lowest BCUT2D eigenvalue weighted by atomic mass is 9.73. The smallest absolute Gasteiger partial charge is 0.313 e. The molecule has 0 radical (unpaired) electrons. The van der Waals surface area contributed by atoms with Crippen molar-refractivity contribution in [1.29, 1.82) is 0 Å². The summed E-state index contributed by atoms with van der Waals surface area (Å²) in [6.07, 6.45) is 5.53. The first kappa shape index (κ1) is 23.6. The first-order valence-electron chi connectivity index (χ1n) is 9.89. The van der Waals surface area contributed by atoms with Crippen molar-refractivity contribution < 1.29 is 23.9 Å². The van der Waals surface area contributed by atoms with Gasteiger partial charge in [0, 0.05) is 11.7 Å². The van der Waals surface area contributed by atoms with Crippen molar-refractivity contribution in [1.82, 2.24) is 0 Å². The molecule has 2 aliphatic rings. The fourth-order valence-electron chi connectivity index (χ4n) is 4.00. The van der Waals surface area contributed by atoms with Crippen molar-refractivity contribution in [3.63, 3.8) is 0 Å². The Labute approximate surface area is 174 Å². The zero-order valence-electron chi connectivity index (χ0n) is 18.7. The molecule has 0 aliphatic heterocycles. The lowest BCUT2D eigenvalue weighted by Crippen LogP contribution is -2.69. The van der Waals surface area contributed by atoms with E-state index in [1.165, 1.54) is 17.8 Å². The number of carbonyl (C=O) groups excluding carboxylic acids is 2. The third-order valence-electron chi connectivity index (χ3n) is 6.39. The fraction of sp³-hybridized carbons (Fsp3) is 0.810. The van der Waals surface area contributed by atoms with Gasteiger partial charge in [-0.05, 0) is 57.7 Å². The number of esters is 1. The molecular formula is C21H36O5SSi. The predicted molar refractivity (Wildman–Crippen MR) is 116 cm³/mol. The van der Waals surface area contributed by atoms with E-state index in [9.17, 15) is 14.7 Å².